The molecule has 22 heavy (non-hydrogen) atoms. The minimum absolute atomic E-state index is 0.315. The Morgan fingerprint density at radius 3 is 2.36 bits per heavy atom. The van der Waals surface area contributed by atoms with Crippen LogP contribution in [-0.2, 0) is 5.41 Å². The van der Waals surface area contributed by atoms with Crippen LogP contribution in [0.25, 0.3) is 0 Å². The second kappa shape index (κ2) is 5.69. The van der Waals surface area contributed by atoms with Gasteiger partial charge in [0.05, 0.1) is 5.51 Å². The van der Waals surface area contributed by atoms with E-state index in [1.54, 1.807) is 16.9 Å². The van der Waals surface area contributed by atoms with Crippen LogP contribution in [0.4, 0.5) is 5.82 Å². The molecule has 0 atom stereocenters. The van der Waals surface area contributed by atoms with Crippen molar-refractivity contribution in [2.24, 2.45) is 0 Å². The molecular formula is C19H26N2S. The molecule has 1 aromatic carbocycles. The first-order chi connectivity index (χ1) is 10.4. The van der Waals surface area contributed by atoms with Crippen LogP contribution in [0.5, 0.6) is 0 Å². The molecule has 118 valence electrons. The number of hydrogen-bond donors (Lipinski definition) is 0. The molecule has 0 N–H and O–H groups in total. The number of benzene rings is 1. The van der Waals surface area contributed by atoms with Crippen molar-refractivity contribution in [3.63, 3.8) is 0 Å². The fraction of sp³-hybridized carbons (Fsp3) is 0.526. The number of aromatic nitrogens is 1. The summed E-state index contributed by atoms with van der Waals surface area (Å²) in [5.41, 5.74) is 8.10. The lowest BCUT2D eigenvalue weighted by Gasteiger charge is -2.51. The maximum atomic E-state index is 4.50. The number of hydrogen-bond acceptors (Lipinski definition) is 3. The van der Waals surface area contributed by atoms with Gasteiger partial charge in [0.15, 0.2) is 0 Å². The first-order valence-corrected chi connectivity index (χ1v) is 9.12. The average Bonchev–Trinajstić information content (AvgIpc) is 2.90. The second-order valence-corrected chi connectivity index (χ2v) is 7.75. The highest BCUT2D eigenvalue weighted by Crippen LogP contribution is 2.48. The van der Waals surface area contributed by atoms with Gasteiger partial charge < -0.3 is 4.90 Å². The zero-order valence-corrected chi connectivity index (χ0v) is 15.1. The van der Waals surface area contributed by atoms with Crippen molar-refractivity contribution in [1.29, 1.82) is 0 Å². The summed E-state index contributed by atoms with van der Waals surface area (Å²) in [5, 5.41) is 2.17. The van der Waals surface area contributed by atoms with Gasteiger partial charge in [-0.15, -0.1) is 11.3 Å². The van der Waals surface area contributed by atoms with Crippen LogP contribution in [0.3, 0.4) is 0 Å². The maximum Gasteiger partial charge on any atom is 0.139 e. The van der Waals surface area contributed by atoms with Gasteiger partial charge in [0.1, 0.15) is 5.82 Å². The van der Waals surface area contributed by atoms with Gasteiger partial charge in [0, 0.05) is 18.0 Å². The van der Waals surface area contributed by atoms with Crippen molar-refractivity contribution >= 4 is 17.2 Å². The standard InChI is InChI=1S/C19H26N2S/c1-6-21(17-11-22-12-20-17)16-9-19(5,10-16)18-14(3)7-13(2)8-15(18)4/h7-8,11-12,16H,6,9-10H2,1-5H3. The Kier molecular flexibility index (Phi) is 4.02. The SMILES string of the molecule is CCN(c1cscn1)C1CC(C)(c2c(C)cc(C)cc2C)C1. The number of aryl methyl sites for hydroxylation is 3. The fourth-order valence-corrected chi connectivity index (χ4v) is 5.04. The molecule has 0 bridgehead atoms. The third kappa shape index (κ3) is 2.56. The molecule has 1 aromatic heterocycles. The van der Waals surface area contributed by atoms with E-state index < -0.39 is 0 Å². The molecule has 2 aromatic rings. The lowest BCUT2D eigenvalue weighted by Crippen LogP contribution is -2.52. The monoisotopic (exact) mass is 314 g/mol. The van der Waals surface area contributed by atoms with E-state index in [0.717, 1.165) is 12.4 Å². The van der Waals surface area contributed by atoms with Crippen molar-refractivity contribution < 1.29 is 0 Å². The number of nitrogens with zero attached hydrogens (tertiary/aromatic N) is 2. The Labute approximate surface area is 138 Å². The quantitative estimate of drug-likeness (QED) is 0.788. The van der Waals surface area contributed by atoms with Crippen LogP contribution < -0.4 is 4.90 Å². The molecule has 0 amide bonds. The van der Waals surface area contributed by atoms with Crippen LogP contribution in [0.1, 0.15) is 48.9 Å². The van der Waals surface area contributed by atoms with E-state index in [1.807, 2.05) is 5.51 Å². The van der Waals surface area contributed by atoms with E-state index in [0.29, 0.717) is 11.5 Å². The molecule has 0 saturated heterocycles. The molecule has 0 radical (unpaired) electrons. The zero-order valence-electron chi connectivity index (χ0n) is 14.3. The average molecular weight is 314 g/mol. The van der Waals surface area contributed by atoms with Gasteiger partial charge in [-0.2, -0.15) is 0 Å². The highest BCUT2D eigenvalue weighted by molar-refractivity contribution is 7.07. The molecule has 3 rings (SSSR count). The predicted octanol–water partition coefficient (Wildman–Crippen LogP) is 5.01. The first kappa shape index (κ1) is 15.5. The molecule has 1 fully saturated rings. The Hall–Kier alpha value is -1.35. The molecule has 0 unspecified atom stereocenters. The van der Waals surface area contributed by atoms with Crippen LogP contribution in [0.15, 0.2) is 23.0 Å². The second-order valence-electron chi connectivity index (χ2n) is 7.03. The minimum Gasteiger partial charge on any atom is -0.353 e. The Bertz CT molecular complexity index is 631. The van der Waals surface area contributed by atoms with Crippen LogP contribution in [0, 0.1) is 20.8 Å². The van der Waals surface area contributed by atoms with Gasteiger partial charge in [-0.3, -0.25) is 0 Å². The van der Waals surface area contributed by atoms with Crippen molar-refractivity contribution in [2.75, 3.05) is 11.4 Å². The Balaban J connectivity index is 1.82. The van der Waals surface area contributed by atoms with E-state index in [4.69, 9.17) is 0 Å². The summed E-state index contributed by atoms with van der Waals surface area (Å²) < 4.78 is 0. The van der Waals surface area contributed by atoms with E-state index in [9.17, 15) is 0 Å². The molecule has 1 aliphatic rings. The number of thiazole rings is 1. The van der Waals surface area contributed by atoms with Crippen molar-refractivity contribution in [3.8, 4) is 0 Å². The lowest BCUT2D eigenvalue weighted by molar-refractivity contribution is 0.214. The molecule has 1 aliphatic carbocycles. The summed E-state index contributed by atoms with van der Waals surface area (Å²) in [5.74, 6) is 1.15. The van der Waals surface area contributed by atoms with Crippen molar-refractivity contribution in [2.45, 2.75) is 58.9 Å². The molecule has 1 heterocycles. The largest absolute Gasteiger partial charge is 0.353 e. The summed E-state index contributed by atoms with van der Waals surface area (Å²) in [6, 6.07) is 5.29. The molecule has 2 nitrogen and oxygen atoms in total. The number of rotatable bonds is 4. The topological polar surface area (TPSA) is 16.1 Å². The van der Waals surface area contributed by atoms with E-state index in [1.165, 1.54) is 29.5 Å². The third-order valence-electron chi connectivity index (χ3n) is 5.15. The van der Waals surface area contributed by atoms with Gasteiger partial charge in [0.2, 0.25) is 0 Å². The summed E-state index contributed by atoms with van der Waals surface area (Å²) in [6.45, 7) is 12.4. The summed E-state index contributed by atoms with van der Waals surface area (Å²) in [7, 11) is 0. The highest BCUT2D eigenvalue weighted by Gasteiger charge is 2.45. The summed E-state index contributed by atoms with van der Waals surface area (Å²) >= 11 is 1.69. The first-order valence-electron chi connectivity index (χ1n) is 8.18. The predicted molar refractivity (Wildman–Crippen MR) is 96.2 cm³/mol. The van der Waals surface area contributed by atoms with Gasteiger partial charge in [0.25, 0.3) is 0 Å². The smallest absolute Gasteiger partial charge is 0.139 e. The van der Waals surface area contributed by atoms with Gasteiger partial charge in [-0.1, -0.05) is 24.6 Å². The highest BCUT2D eigenvalue weighted by atomic mass is 32.1. The van der Waals surface area contributed by atoms with E-state index in [2.05, 4.69) is 62.0 Å². The van der Waals surface area contributed by atoms with Crippen LogP contribution >= 0.6 is 11.3 Å². The van der Waals surface area contributed by atoms with Gasteiger partial charge in [-0.05, 0) is 62.6 Å². The maximum absolute atomic E-state index is 4.50. The molecule has 0 spiro atoms. The van der Waals surface area contributed by atoms with Crippen molar-refractivity contribution in [1.82, 2.24) is 4.98 Å². The summed E-state index contributed by atoms with van der Waals surface area (Å²) in [6.07, 6.45) is 2.45. The Morgan fingerprint density at radius 2 is 1.86 bits per heavy atom. The van der Waals surface area contributed by atoms with Gasteiger partial charge in [-0.25, -0.2) is 4.98 Å². The molecule has 0 aliphatic heterocycles. The van der Waals surface area contributed by atoms with Crippen LogP contribution in [0.2, 0.25) is 0 Å². The van der Waals surface area contributed by atoms with Crippen LogP contribution in [-0.4, -0.2) is 17.6 Å². The van der Waals surface area contributed by atoms with E-state index in [-0.39, 0.29) is 0 Å². The van der Waals surface area contributed by atoms with Gasteiger partial charge >= 0.3 is 0 Å². The molecule has 3 heteroatoms. The summed E-state index contributed by atoms with van der Waals surface area (Å²) in [4.78, 5) is 6.97. The number of anilines is 1. The van der Waals surface area contributed by atoms with E-state index >= 15 is 0 Å². The lowest BCUT2D eigenvalue weighted by atomic mass is 9.60. The Morgan fingerprint density at radius 1 is 1.23 bits per heavy atom. The minimum atomic E-state index is 0.315. The zero-order chi connectivity index (χ0) is 15.9. The van der Waals surface area contributed by atoms with Crippen molar-refractivity contribution in [3.05, 3.63) is 45.3 Å². The fourth-order valence-electron chi connectivity index (χ4n) is 4.49. The molecular weight excluding hydrogens is 288 g/mol. The molecule has 1 saturated carbocycles. The normalized spacial score (nSPS) is 24.1. The third-order valence-corrected chi connectivity index (χ3v) is 5.72.